The van der Waals surface area contributed by atoms with Crippen LogP contribution in [0.1, 0.15) is 19.3 Å². The maximum Gasteiger partial charge on any atom is 0.169 e. The molecule has 1 aliphatic carbocycles. The molecule has 2 aliphatic rings. The monoisotopic (exact) mass is 284 g/mol. The number of anilines is 3. The fourth-order valence-corrected chi connectivity index (χ4v) is 2.84. The fraction of sp³-hybridized carbons (Fsp3) is 0.538. The van der Waals surface area contributed by atoms with Gasteiger partial charge < -0.3 is 16.8 Å². The number of nitrogen functional groups attached to an aromatic ring is 2. The van der Waals surface area contributed by atoms with E-state index in [9.17, 15) is 4.39 Å². The van der Waals surface area contributed by atoms with Gasteiger partial charge in [0.05, 0.1) is 17.1 Å². The van der Waals surface area contributed by atoms with Gasteiger partial charge in [0, 0.05) is 25.2 Å². The van der Waals surface area contributed by atoms with Crippen LogP contribution < -0.4 is 16.8 Å². The summed E-state index contributed by atoms with van der Waals surface area (Å²) in [6.45, 7) is 2.00. The third kappa shape index (κ3) is 2.44. The van der Waals surface area contributed by atoms with Crippen LogP contribution in [0.25, 0.3) is 0 Å². The first-order chi connectivity index (χ1) is 9.06. The molecular formula is C13H18ClFN4. The molecule has 1 heterocycles. The summed E-state index contributed by atoms with van der Waals surface area (Å²) < 4.78 is 14.1. The summed E-state index contributed by atoms with van der Waals surface area (Å²) in [4.78, 5) is 2.45. The van der Waals surface area contributed by atoms with Gasteiger partial charge in [-0.1, -0.05) is 11.6 Å². The fourth-order valence-electron chi connectivity index (χ4n) is 2.69. The Morgan fingerprint density at radius 2 is 2.00 bits per heavy atom. The van der Waals surface area contributed by atoms with Crippen molar-refractivity contribution in [2.45, 2.75) is 31.3 Å². The lowest BCUT2D eigenvalue weighted by molar-refractivity contribution is 0.326. The van der Waals surface area contributed by atoms with Crippen LogP contribution in [0.4, 0.5) is 21.5 Å². The molecule has 1 aliphatic heterocycles. The van der Waals surface area contributed by atoms with Gasteiger partial charge in [-0.3, -0.25) is 4.90 Å². The first-order valence-corrected chi connectivity index (χ1v) is 6.97. The highest BCUT2D eigenvalue weighted by atomic mass is 35.5. The lowest BCUT2D eigenvalue weighted by atomic mass is 10.2. The average Bonchev–Trinajstić information content (AvgIpc) is 3.12. The molecule has 1 saturated carbocycles. The highest BCUT2D eigenvalue weighted by Crippen LogP contribution is 2.36. The summed E-state index contributed by atoms with van der Waals surface area (Å²) in [6.07, 6.45) is 3.57. The molecule has 0 aromatic heterocycles. The summed E-state index contributed by atoms with van der Waals surface area (Å²) in [5.41, 5.74) is 12.2. The second-order valence-electron chi connectivity index (χ2n) is 5.41. The van der Waals surface area contributed by atoms with Gasteiger partial charge in [0.1, 0.15) is 5.02 Å². The van der Waals surface area contributed by atoms with Crippen LogP contribution in [-0.4, -0.2) is 30.1 Å². The Hall–Kier alpha value is -1.20. The van der Waals surface area contributed by atoms with Gasteiger partial charge >= 0.3 is 0 Å². The topological polar surface area (TPSA) is 67.3 Å². The van der Waals surface area contributed by atoms with E-state index in [2.05, 4.69) is 10.2 Å². The van der Waals surface area contributed by atoms with E-state index in [1.165, 1.54) is 18.9 Å². The van der Waals surface area contributed by atoms with E-state index in [0.717, 1.165) is 25.6 Å². The first kappa shape index (κ1) is 12.8. The van der Waals surface area contributed by atoms with Crippen LogP contribution in [0, 0.1) is 5.82 Å². The Morgan fingerprint density at radius 1 is 1.26 bits per heavy atom. The quantitative estimate of drug-likeness (QED) is 0.745. The van der Waals surface area contributed by atoms with Gasteiger partial charge in [-0.15, -0.1) is 0 Å². The third-order valence-corrected chi connectivity index (χ3v) is 4.28. The van der Waals surface area contributed by atoms with E-state index in [0.29, 0.717) is 5.69 Å². The number of likely N-dealkylation sites (tertiary alicyclic amines) is 1. The minimum atomic E-state index is -0.552. The normalized spacial score (nSPS) is 23.8. The van der Waals surface area contributed by atoms with E-state index in [4.69, 9.17) is 23.1 Å². The SMILES string of the molecule is Nc1cc(N)c(NC2CCN(C3CC3)C2)c(F)c1Cl. The van der Waals surface area contributed by atoms with Gasteiger partial charge in [0.15, 0.2) is 5.82 Å². The van der Waals surface area contributed by atoms with Gasteiger partial charge in [0.25, 0.3) is 0 Å². The van der Waals surface area contributed by atoms with Crippen LogP contribution in [0.2, 0.25) is 5.02 Å². The van der Waals surface area contributed by atoms with Crippen molar-refractivity contribution in [1.82, 2.24) is 4.90 Å². The van der Waals surface area contributed by atoms with Crippen molar-refractivity contribution in [1.29, 1.82) is 0 Å². The lowest BCUT2D eigenvalue weighted by Gasteiger charge is -2.19. The Labute approximate surface area is 116 Å². The number of hydrogen-bond acceptors (Lipinski definition) is 4. The predicted octanol–water partition coefficient (Wildman–Crippen LogP) is 2.29. The number of nitrogens with two attached hydrogens (primary N) is 2. The smallest absolute Gasteiger partial charge is 0.169 e. The zero-order valence-electron chi connectivity index (χ0n) is 10.6. The first-order valence-electron chi connectivity index (χ1n) is 6.59. The maximum absolute atomic E-state index is 14.1. The molecule has 1 atom stereocenters. The standard InChI is InChI=1S/C13H18ClFN4/c14-11-9(16)5-10(17)13(12(11)15)18-7-3-4-19(6-7)8-1-2-8/h5,7-8,18H,1-4,6,16-17H2. The highest BCUT2D eigenvalue weighted by molar-refractivity contribution is 6.33. The molecule has 1 aromatic carbocycles. The van der Waals surface area contributed by atoms with Crippen LogP contribution in [0.15, 0.2) is 6.07 Å². The Morgan fingerprint density at radius 3 is 2.68 bits per heavy atom. The molecule has 1 saturated heterocycles. The van der Waals surface area contributed by atoms with E-state index in [1.54, 1.807) is 0 Å². The van der Waals surface area contributed by atoms with Crippen molar-refractivity contribution in [2.75, 3.05) is 29.9 Å². The largest absolute Gasteiger partial charge is 0.397 e. The summed E-state index contributed by atoms with van der Waals surface area (Å²) in [7, 11) is 0. The van der Waals surface area contributed by atoms with Gasteiger partial charge in [-0.25, -0.2) is 4.39 Å². The summed E-state index contributed by atoms with van der Waals surface area (Å²) in [5, 5.41) is 3.12. The highest BCUT2D eigenvalue weighted by Gasteiger charge is 2.34. The molecule has 4 nitrogen and oxygen atoms in total. The van der Waals surface area contributed by atoms with Crippen LogP contribution in [-0.2, 0) is 0 Å². The summed E-state index contributed by atoms with van der Waals surface area (Å²) in [5.74, 6) is -0.552. The summed E-state index contributed by atoms with van der Waals surface area (Å²) >= 11 is 5.82. The van der Waals surface area contributed by atoms with Crippen molar-refractivity contribution < 1.29 is 4.39 Å². The molecule has 0 spiro atoms. The van der Waals surface area contributed by atoms with Crippen molar-refractivity contribution in [3.63, 3.8) is 0 Å². The molecule has 5 N–H and O–H groups in total. The third-order valence-electron chi connectivity index (χ3n) is 3.90. The molecule has 0 amide bonds. The number of halogens is 2. The lowest BCUT2D eigenvalue weighted by Crippen LogP contribution is -2.28. The molecule has 1 aromatic rings. The predicted molar refractivity (Wildman–Crippen MR) is 76.9 cm³/mol. The maximum atomic E-state index is 14.1. The zero-order chi connectivity index (χ0) is 13.6. The van der Waals surface area contributed by atoms with Crippen molar-refractivity contribution >= 4 is 28.7 Å². The number of nitrogens with one attached hydrogen (secondary N) is 1. The van der Waals surface area contributed by atoms with E-state index >= 15 is 0 Å². The molecule has 0 radical (unpaired) electrons. The second-order valence-corrected chi connectivity index (χ2v) is 5.79. The van der Waals surface area contributed by atoms with Crippen molar-refractivity contribution in [2.24, 2.45) is 0 Å². The molecular weight excluding hydrogens is 267 g/mol. The van der Waals surface area contributed by atoms with E-state index < -0.39 is 5.82 Å². The second kappa shape index (κ2) is 4.72. The number of rotatable bonds is 3. The van der Waals surface area contributed by atoms with Gasteiger partial charge in [0.2, 0.25) is 0 Å². The minimum absolute atomic E-state index is 0.0613. The van der Waals surface area contributed by atoms with E-state index in [1.807, 2.05) is 0 Å². The zero-order valence-corrected chi connectivity index (χ0v) is 11.4. The Balaban J connectivity index is 1.74. The number of benzene rings is 1. The van der Waals surface area contributed by atoms with Crippen LogP contribution >= 0.6 is 11.6 Å². The molecule has 0 bridgehead atoms. The molecule has 2 fully saturated rings. The summed E-state index contributed by atoms with van der Waals surface area (Å²) in [6, 6.07) is 2.46. The van der Waals surface area contributed by atoms with Crippen LogP contribution in [0.3, 0.4) is 0 Å². The van der Waals surface area contributed by atoms with Gasteiger partial charge in [-0.2, -0.15) is 0 Å². The van der Waals surface area contributed by atoms with Crippen molar-refractivity contribution in [3.05, 3.63) is 16.9 Å². The van der Waals surface area contributed by atoms with Gasteiger partial charge in [-0.05, 0) is 25.3 Å². The van der Waals surface area contributed by atoms with Crippen LogP contribution in [0.5, 0.6) is 0 Å². The average molecular weight is 285 g/mol. The molecule has 19 heavy (non-hydrogen) atoms. The number of hydrogen-bond donors (Lipinski definition) is 3. The van der Waals surface area contributed by atoms with E-state index in [-0.39, 0.29) is 22.4 Å². The van der Waals surface area contributed by atoms with Crippen molar-refractivity contribution in [3.8, 4) is 0 Å². The number of nitrogens with zero attached hydrogens (tertiary/aromatic N) is 1. The Kier molecular flexibility index (Phi) is 3.19. The Bertz CT molecular complexity index is 504. The molecule has 6 heteroatoms. The minimum Gasteiger partial charge on any atom is -0.397 e. The molecule has 3 rings (SSSR count). The molecule has 104 valence electrons. The molecule has 1 unspecified atom stereocenters.